The van der Waals surface area contributed by atoms with E-state index in [1.165, 1.54) is 10.5 Å². The minimum atomic E-state index is 0.263. The number of nitrogens with two attached hydrogens (primary N) is 1. The molecule has 1 unspecified atom stereocenters. The van der Waals surface area contributed by atoms with Gasteiger partial charge in [0.15, 0.2) is 0 Å². The molecule has 0 saturated heterocycles. The average Bonchev–Trinajstić information content (AvgIpc) is 2.69. The van der Waals surface area contributed by atoms with Gasteiger partial charge in [0.2, 0.25) is 0 Å². The van der Waals surface area contributed by atoms with Crippen LogP contribution in [-0.2, 0) is 0 Å². The third-order valence-electron chi connectivity index (χ3n) is 3.01. The highest BCUT2D eigenvalue weighted by Crippen LogP contribution is 2.39. The number of nitrogen functional groups attached to an aromatic ring is 1. The van der Waals surface area contributed by atoms with E-state index >= 15 is 0 Å². The van der Waals surface area contributed by atoms with Gasteiger partial charge in [-0.1, -0.05) is 18.2 Å². The highest BCUT2D eigenvalue weighted by Gasteiger charge is 2.24. The highest BCUT2D eigenvalue weighted by atomic mass is 79.9. The number of aromatic nitrogens is 2. The van der Waals surface area contributed by atoms with Gasteiger partial charge >= 0.3 is 0 Å². The monoisotopic (exact) mass is 309 g/mol. The molecule has 2 N–H and O–H groups in total. The normalized spacial score (nSPS) is 19.0. The summed E-state index contributed by atoms with van der Waals surface area (Å²) < 4.78 is 2.79. The number of thioether (sulfide) groups is 1. The number of hydrogen-bond acceptors (Lipinski definition) is 3. The van der Waals surface area contributed by atoms with Crippen molar-refractivity contribution in [2.45, 2.75) is 17.4 Å². The van der Waals surface area contributed by atoms with Crippen molar-refractivity contribution in [3.63, 3.8) is 0 Å². The van der Waals surface area contributed by atoms with Crippen molar-refractivity contribution in [1.82, 2.24) is 9.78 Å². The molecule has 3 rings (SSSR count). The molecule has 5 heteroatoms. The molecule has 0 amide bonds. The molecular formula is C12H12BrN3S. The van der Waals surface area contributed by atoms with E-state index < -0.39 is 0 Å². The molecular weight excluding hydrogens is 298 g/mol. The molecule has 0 saturated carbocycles. The molecule has 0 spiro atoms. The number of nitrogens with zero attached hydrogens (tertiary/aromatic N) is 2. The lowest BCUT2D eigenvalue weighted by molar-refractivity contribution is 0.507. The Morgan fingerprint density at radius 2 is 2.24 bits per heavy atom. The van der Waals surface area contributed by atoms with E-state index in [0.717, 1.165) is 16.6 Å². The van der Waals surface area contributed by atoms with E-state index in [2.05, 4.69) is 45.3 Å². The van der Waals surface area contributed by atoms with Gasteiger partial charge in [0.05, 0.1) is 16.7 Å². The van der Waals surface area contributed by atoms with Crippen LogP contribution in [0.25, 0.3) is 0 Å². The minimum absolute atomic E-state index is 0.263. The van der Waals surface area contributed by atoms with Crippen molar-refractivity contribution in [3.8, 4) is 0 Å². The maximum absolute atomic E-state index is 6.04. The van der Waals surface area contributed by atoms with Crippen LogP contribution in [0, 0.1) is 0 Å². The maximum Gasteiger partial charge on any atom is 0.136 e. The Labute approximate surface area is 113 Å². The molecule has 0 aliphatic carbocycles. The van der Waals surface area contributed by atoms with Gasteiger partial charge in [0.1, 0.15) is 5.82 Å². The molecule has 0 bridgehead atoms. The van der Waals surface area contributed by atoms with Crippen LogP contribution in [0.5, 0.6) is 0 Å². The maximum atomic E-state index is 6.04. The quantitative estimate of drug-likeness (QED) is 0.879. The fourth-order valence-corrected chi connectivity index (χ4v) is 3.56. The molecule has 0 fully saturated rings. The van der Waals surface area contributed by atoms with Gasteiger partial charge in [0, 0.05) is 10.6 Å². The van der Waals surface area contributed by atoms with Crippen LogP contribution in [0.15, 0.2) is 39.8 Å². The van der Waals surface area contributed by atoms with Gasteiger partial charge in [0.25, 0.3) is 0 Å². The van der Waals surface area contributed by atoms with Crippen molar-refractivity contribution < 1.29 is 0 Å². The van der Waals surface area contributed by atoms with Gasteiger partial charge in [-0.15, -0.1) is 11.8 Å². The summed E-state index contributed by atoms with van der Waals surface area (Å²) in [6.07, 6.45) is 2.83. The first-order chi connectivity index (χ1) is 8.27. The van der Waals surface area contributed by atoms with Crippen LogP contribution in [0.4, 0.5) is 5.82 Å². The zero-order chi connectivity index (χ0) is 11.8. The van der Waals surface area contributed by atoms with E-state index in [-0.39, 0.29) is 6.04 Å². The van der Waals surface area contributed by atoms with Crippen molar-refractivity contribution in [2.24, 2.45) is 0 Å². The molecule has 2 heterocycles. The summed E-state index contributed by atoms with van der Waals surface area (Å²) in [4.78, 5) is 1.34. The number of halogens is 1. The number of rotatable bonds is 1. The Hall–Kier alpha value is -0.940. The van der Waals surface area contributed by atoms with Gasteiger partial charge in [-0.3, -0.25) is 0 Å². The van der Waals surface area contributed by atoms with E-state index in [9.17, 15) is 0 Å². The largest absolute Gasteiger partial charge is 0.383 e. The Bertz CT molecular complexity index is 552. The summed E-state index contributed by atoms with van der Waals surface area (Å²) in [6, 6.07) is 8.75. The molecule has 17 heavy (non-hydrogen) atoms. The molecule has 3 nitrogen and oxygen atoms in total. The molecule has 1 aromatic heterocycles. The SMILES string of the molecule is Nc1c(Br)cnn1C1CCSc2ccccc21. The lowest BCUT2D eigenvalue weighted by atomic mass is 10.0. The molecule has 2 aromatic rings. The van der Waals surface area contributed by atoms with Crippen LogP contribution >= 0.6 is 27.7 Å². The summed E-state index contributed by atoms with van der Waals surface area (Å²) in [7, 11) is 0. The zero-order valence-electron chi connectivity index (χ0n) is 9.14. The van der Waals surface area contributed by atoms with Crippen LogP contribution in [0.1, 0.15) is 18.0 Å². The van der Waals surface area contributed by atoms with E-state index in [1.54, 1.807) is 6.20 Å². The minimum Gasteiger partial charge on any atom is -0.383 e. The Kier molecular flexibility index (Phi) is 2.88. The lowest BCUT2D eigenvalue weighted by Crippen LogP contribution is -2.18. The second kappa shape index (κ2) is 4.38. The van der Waals surface area contributed by atoms with Crippen molar-refractivity contribution in [2.75, 3.05) is 11.5 Å². The van der Waals surface area contributed by atoms with Gasteiger partial charge in [-0.2, -0.15) is 5.10 Å². The zero-order valence-corrected chi connectivity index (χ0v) is 11.5. The Balaban J connectivity index is 2.09. The van der Waals surface area contributed by atoms with Gasteiger partial charge < -0.3 is 5.73 Å². The van der Waals surface area contributed by atoms with Crippen molar-refractivity contribution in [1.29, 1.82) is 0 Å². The molecule has 1 aliphatic heterocycles. The smallest absolute Gasteiger partial charge is 0.136 e. The summed E-state index contributed by atoms with van der Waals surface area (Å²) in [6.45, 7) is 0. The lowest BCUT2D eigenvalue weighted by Gasteiger charge is -2.25. The predicted octanol–water partition coefficient (Wildman–Crippen LogP) is 3.31. The van der Waals surface area contributed by atoms with Crippen molar-refractivity contribution in [3.05, 3.63) is 40.5 Å². The average molecular weight is 310 g/mol. The summed E-state index contributed by atoms with van der Waals surface area (Å²) in [5.74, 6) is 1.82. The standard InChI is InChI=1S/C12H12BrN3S/c13-9-7-15-16(12(9)14)10-5-6-17-11-4-2-1-3-8(10)11/h1-4,7,10H,5-6,14H2. The third kappa shape index (κ3) is 1.87. The number of benzene rings is 1. The second-order valence-electron chi connectivity index (χ2n) is 4.01. The fraction of sp³-hybridized carbons (Fsp3) is 0.250. The summed E-state index contributed by atoms with van der Waals surface area (Å²) >= 11 is 5.32. The van der Waals surface area contributed by atoms with Gasteiger partial charge in [-0.25, -0.2) is 4.68 Å². The van der Waals surface area contributed by atoms with E-state index in [4.69, 9.17) is 5.73 Å². The van der Waals surface area contributed by atoms with Gasteiger partial charge in [-0.05, 0) is 34.0 Å². The van der Waals surface area contributed by atoms with Crippen LogP contribution in [0.2, 0.25) is 0 Å². The Morgan fingerprint density at radius 3 is 3.00 bits per heavy atom. The Morgan fingerprint density at radius 1 is 1.41 bits per heavy atom. The molecule has 0 radical (unpaired) electrons. The topological polar surface area (TPSA) is 43.8 Å². The first kappa shape index (κ1) is 11.2. The van der Waals surface area contributed by atoms with Crippen LogP contribution < -0.4 is 5.73 Å². The molecule has 1 atom stereocenters. The predicted molar refractivity (Wildman–Crippen MR) is 74.3 cm³/mol. The summed E-state index contributed by atoms with van der Waals surface area (Å²) in [5, 5.41) is 4.37. The van der Waals surface area contributed by atoms with E-state index in [1.807, 2.05) is 16.4 Å². The fourth-order valence-electron chi connectivity index (χ4n) is 2.18. The van der Waals surface area contributed by atoms with Crippen LogP contribution in [-0.4, -0.2) is 15.5 Å². The van der Waals surface area contributed by atoms with Crippen molar-refractivity contribution >= 4 is 33.5 Å². The molecule has 88 valence electrons. The molecule has 1 aliphatic rings. The third-order valence-corrected chi connectivity index (χ3v) is 4.74. The molecule has 1 aromatic carbocycles. The first-order valence-corrected chi connectivity index (χ1v) is 7.25. The summed E-state index contributed by atoms with van der Waals surface area (Å²) in [5.41, 5.74) is 7.36. The number of anilines is 1. The van der Waals surface area contributed by atoms with Crippen LogP contribution in [0.3, 0.4) is 0 Å². The highest BCUT2D eigenvalue weighted by molar-refractivity contribution is 9.10. The first-order valence-electron chi connectivity index (χ1n) is 5.47. The number of hydrogen-bond donors (Lipinski definition) is 1. The van der Waals surface area contributed by atoms with E-state index in [0.29, 0.717) is 5.82 Å². The second-order valence-corrected chi connectivity index (χ2v) is 6.00. The number of fused-ring (bicyclic) bond motifs is 1.